The van der Waals surface area contributed by atoms with E-state index >= 15 is 0 Å². The van der Waals surface area contributed by atoms with Crippen LogP contribution in [0.25, 0.3) is 0 Å². The molecule has 0 saturated heterocycles. The summed E-state index contributed by atoms with van der Waals surface area (Å²) in [6.45, 7) is 0. The number of aromatic nitrogens is 1. The molecule has 0 bridgehead atoms. The Balaban J connectivity index is 2.37. The van der Waals surface area contributed by atoms with Crippen LogP contribution in [-0.2, 0) is 0 Å². The van der Waals surface area contributed by atoms with Crippen LogP contribution in [0.15, 0.2) is 42.6 Å². The van der Waals surface area contributed by atoms with Crippen molar-refractivity contribution in [3.8, 4) is 0 Å². The first-order valence-corrected chi connectivity index (χ1v) is 4.72. The summed E-state index contributed by atoms with van der Waals surface area (Å²) in [4.78, 5) is 2.95. The third-order valence-electron chi connectivity index (χ3n) is 2.12. The average Bonchev–Trinajstić information content (AvgIpc) is 2.70. The van der Waals surface area contributed by atoms with Crippen molar-refractivity contribution < 1.29 is 5.11 Å². The van der Waals surface area contributed by atoms with Crippen LogP contribution < -0.4 is 0 Å². The molecular formula is C11H10ClNO. The Bertz CT molecular complexity index is 411. The topological polar surface area (TPSA) is 36.0 Å². The lowest BCUT2D eigenvalue weighted by atomic mass is 10.1. The number of benzene rings is 1. The van der Waals surface area contributed by atoms with Crippen molar-refractivity contribution in [3.63, 3.8) is 0 Å². The Labute approximate surface area is 87.2 Å². The number of hydrogen-bond acceptors (Lipinski definition) is 1. The summed E-state index contributed by atoms with van der Waals surface area (Å²) in [6, 6.07) is 10.9. The molecule has 1 unspecified atom stereocenters. The van der Waals surface area contributed by atoms with Gasteiger partial charge in [-0.2, -0.15) is 0 Å². The second kappa shape index (κ2) is 3.86. The maximum atomic E-state index is 9.95. The van der Waals surface area contributed by atoms with Gasteiger partial charge in [0.1, 0.15) is 6.10 Å². The third-order valence-corrected chi connectivity index (χ3v) is 2.46. The fraction of sp³-hybridized carbons (Fsp3) is 0.0909. The fourth-order valence-corrected chi connectivity index (χ4v) is 1.62. The van der Waals surface area contributed by atoms with E-state index in [1.165, 1.54) is 0 Å². The number of H-pyrrole nitrogens is 1. The minimum atomic E-state index is -0.682. The molecule has 2 aromatic rings. The first-order chi connectivity index (χ1) is 6.79. The molecule has 0 amide bonds. The van der Waals surface area contributed by atoms with Crippen LogP contribution in [0.2, 0.25) is 5.02 Å². The molecule has 0 aliphatic carbocycles. The summed E-state index contributed by atoms with van der Waals surface area (Å²) in [5.74, 6) is 0. The van der Waals surface area contributed by atoms with Crippen LogP contribution >= 0.6 is 11.6 Å². The van der Waals surface area contributed by atoms with Gasteiger partial charge in [0.25, 0.3) is 0 Å². The van der Waals surface area contributed by atoms with E-state index in [9.17, 15) is 5.11 Å². The Kier molecular flexibility index (Phi) is 2.57. The Morgan fingerprint density at radius 2 is 1.93 bits per heavy atom. The van der Waals surface area contributed by atoms with Gasteiger partial charge in [-0.25, -0.2) is 0 Å². The highest BCUT2D eigenvalue weighted by molar-refractivity contribution is 6.31. The first kappa shape index (κ1) is 9.31. The van der Waals surface area contributed by atoms with Gasteiger partial charge < -0.3 is 10.1 Å². The summed E-state index contributed by atoms with van der Waals surface area (Å²) in [5.41, 5.74) is 1.47. The molecule has 0 aliphatic rings. The lowest BCUT2D eigenvalue weighted by Gasteiger charge is -2.10. The molecule has 0 spiro atoms. The van der Waals surface area contributed by atoms with E-state index in [0.717, 1.165) is 11.3 Å². The van der Waals surface area contributed by atoms with Gasteiger partial charge in [-0.3, -0.25) is 0 Å². The lowest BCUT2D eigenvalue weighted by Crippen LogP contribution is -2.00. The molecular weight excluding hydrogens is 198 g/mol. The number of nitrogens with one attached hydrogen (secondary N) is 1. The van der Waals surface area contributed by atoms with E-state index in [2.05, 4.69) is 4.98 Å². The van der Waals surface area contributed by atoms with Gasteiger partial charge in [-0.05, 0) is 18.2 Å². The van der Waals surface area contributed by atoms with Gasteiger partial charge in [0, 0.05) is 22.5 Å². The molecule has 0 radical (unpaired) electrons. The maximum absolute atomic E-state index is 9.95. The molecule has 1 aromatic heterocycles. The highest BCUT2D eigenvalue weighted by Crippen LogP contribution is 2.26. The number of aromatic amines is 1. The summed E-state index contributed by atoms with van der Waals surface area (Å²) < 4.78 is 0. The molecule has 14 heavy (non-hydrogen) atoms. The van der Waals surface area contributed by atoms with Crippen molar-refractivity contribution in [2.24, 2.45) is 0 Å². The average molecular weight is 208 g/mol. The standard InChI is InChI=1S/C11H10ClNO/c12-9-5-2-1-4-8(9)11(14)10-6-3-7-13-10/h1-7,11,13-14H. The van der Waals surface area contributed by atoms with E-state index < -0.39 is 6.10 Å². The van der Waals surface area contributed by atoms with Crippen molar-refractivity contribution in [1.82, 2.24) is 4.98 Å². The molecule has 2 N–H and O–H groups in total. The van der Waals surface area contributed by atoms with E-state index in [1.54, 1.807) is 12.3 Å². The Hall–Kier alpha value is -1.25. The molecule has 2 rings (SSSR count). The normalized spacial score (nSPS) is 12.7. The predicted octanol–water partition coefficient (Wildman–Crippen LogP) is 2.75. The molecule has 72 valence electrons. The second-order valence-corrected chi connectivity index (χ2v) is 3.46. The summed E-state index contributed by atoms with van der Waals surface area (Å²) in [5, 5.41) is 10.5. The Morgan fingerprint density at radius 3 is 2.57 bits per heavy atom. The molecule has 0 fully saturated rings. The number of hydrogen-bond donors (Lipinski definition) is 2. The second-order valence-electron chi connectivity index (χ2n) is 3.05. The zero-order valence-electron chi connectivity index (χ0n) is 7.44. The maximum Gasteiger partial charge on any atom is 0.120 e. The SMILES string of the molecule is OC(c1ccc[nH]1)c1ccccc1Cl. The quantitative estimate of drug-likeness (QED) is 0.781. The van der Waals surface area contributed by atoms with Crippen molar-refractivity contribution >= 4 is 11.6 Å². The molecule has 1 aromatic carbocycles. The number of aliphatic hydroxyl groups is 1. The van der Waals surface area contributed by atoms with E-state index in [0.29, 0.717) is 5.02 Å². The molecule has 0 aliphatic heterocycles. The van der Waals surface area contributed by atoms with Crippen LogP contribution in [0, 0.1) is 0 Å². The molecule has 1 heterocycles. The van der Waals surface area contributed by atoms with Gasteiger partial charge in [0.05, 0.1) is 0 Å². The van der Waals surface area contributed by atoms with Gasteiger partial charge in [-0.15, -0.1) is 0 Å². The van der Waals surface area contributed by atoms with Gasteiger partial charge in [0.2, 0.25) is 0 Å². The number of halogens is 1. The Morgan fingerprint density at radius 1 is 1.14 bits per heavy atom. The smallest absolute Gasteiger partial charge is 0.120 e. The van der Waals surface area contributed by atoms with Crippen molar-refractivity contribution in [1.29, 1.82) is 0 Å². The monoisotopic (exact) mass is 207 g/mol. The third kappa shape index (κ3) is 1.67. The summed E-state index contributed by atoms with van der Waals surface area (Å²) >= 11 is 5.96. The van der Waals surface area contributed by atoms with E-state index in [4.69, 9.17) is 11.6 Å². The number of aliphatic hydroxyl groups excluding tert-OH is 1. The largest absolute Gasteiger partial charge is 0.382 e. The van der Waals surface area contributed by atoms with Crippen LogP contribution in [-0.4, -0.2) is 10.1 Å². The van der Waals surface area contributed by atoms with Crippen molar-refractivity contribution in [2.75, 3.05) is 0 Å². The lowest BCUT2D eigenvalue weighted by molar-refractivity contribution is 0.216. The van der Waals surface area contributed by atoms with Gasteiger partial charge >= 0.3 is 0 Å². The van der Waals surface area contributed by atoms with E-state index in [-0.39, 0.29) is 0 Å². The highest BCUT2D eigenvalue weighted by Gasteiger charge is 2.13. The van der Waals surface area contributed by atoms with E-state index in [1.807, 2.05) is 30.3 Å². The van der Waals surface area contributed by atoms with Crippen LogP contribution in [0.1, 0.15) is 17.4 Å². The van der Waals surface area contributed by atoms with Crippen molar-refractivity contribution in [2.45, 2.75) is 6.10 Å². The minimum absolute atomic E-state index is 0.578. The fourth-order valence-electron chi connectivity index (χ4n) is 1.38. The van der Waals surface area contributed by atoms with Gasteiger partial charge in [-0.1, -0.05) is 29.8 Å². The molecule has 3 heteroatoms. The summed E-state index contributed by atoms with van der Waals surface area (Å²) in [6.07, 6.45) is 1.09. The predicted molar refractivity (Wildman–Crippen MR) is 56.3 cm³/mol. The highest BCUT2D eigenvalue weighted by atomic mass is 35.5. The molecule has 2 nitrogen and oxygen atoms in total. The van der Waals surface area contributed by atoms with Gasteiger partial charge in [0.15, 0.2) is 0 Å². The first-order valence-electron chi connectivity index (χ1n) is 4.35. The zero-order chi connectivity index (χ0) is 9.97. The van der Waals surface area contributed by atoms with Crippen LogP contribution in [0.3, 0.4) is 0 Å². The summed E-state index contributed by atoms with van der Waals surface area (Å²) in [7, 11) is 0. The minimum Gasteiger partial charge on any atom is -0.382 e. The van der Waals surface area contributed by atoms with Crippen LogP contribution in [0.5, 0.6) is 0 Å². The van der Waals surface area contributed by atoms with Crippen LogP contribution in [0.4, 0.5) is 0 Å². The molecule has 0 saturated carbocycles. The number of rotatable bonds is 2. The van der Waals surface area contributed by atoms with Crippen molar-refractivity contribution in [3.05, 3.63) is 58.9 Å². The zero-order valence-corrected chi connectivity index (χ0v) is 8.20. The molecule has 1 atom stereocenters.